The first-order valence-corrected chi connectivity index (χ1v) is 11.8. The van der Waals surface area contributed by atoms with Crippen LogP contribution in [0.3, 0.4) is 0 Å². The van der Waals surface area contributed by atoms with Gasteiger partial charge in [-0.2, -0.15) is 0 Å². The number of benzene rings is 4. The second-order valence-electron chi connectivity index (χ2n) is 8.05. The molecule has 34 heavy (non-hydrogen) atoms. The van der Waals surface area contributed by atoms with E-state index in [4.69, 9.17) is 0 Å². The number of aryl methyl sites for hydroxylation is 1. The van der Waals surface area contributed by atoms with Crippen LogP contribution < -0.4 is 15.5 Å². The number of amides is 3. The Labute approximate surface area is 202 Å². The van der Waals surface area contributed by atoms with E-state index >= 15 is 0 Å². The zero-order valence-corrected chi connectivity index (χ0v) is 19.4. The van der Waals surface area contributed by atoms with Gasteiger partial charge >= 0.3 is 6.03 Å². The number of fused-ring (bicyclic) bond motifs is 2. The van der Waals surface area contributed by atoms with Crippen molar-refractivity contribution in [3.05, 3.63) is 114 Å². The minimum atomic E-state index is -0.334. The minimum Gasteiger partial charge on any atom is -0.308 e. The fourth-order valence-corrected chi connectivity index (χ4v) is 4.98. The van der Waals surface area contributed by atoms with Crippen LogP contribution in [0, 0.1) is 6.92 Å². The van der Waals surface area contributed by atoms with Crippen LogP contribution in [-0.2, 0) is 6.54 Å². The fourth-order valence-electron chi connectivity index (χ4n) is 3.92. The van der Waals surface area contributed by atoms with Gasteiger partial charge in [0.25, 0.3) is 5.91 Å². The van der Waals surface area contributed by atoms with Crippen LogP contribution in [0.1, 0.15) is 21.5 Å². The van der Waals surface area contributed by atoms with Gasteiger partial charge in [0.2, 0.25) is 0 Å². The monoisotopic (exact) mass is 465 g/mol. The molecule has 5 rings (SSSR count). The molecule has 0 saturated carbocycles. The molecule has 2 N–H and O–H groups in total. The van der Waals surface area contributed by atoms with E-state index in [1.807, 2.05) is 104 Å². The van der Waals surface area contributed by atoms with Gasteiger partial charge in [-0.25, -0.2) is 4.79 Å². The summed E-state index contributed by atoms with van der Waals surface area (Å²) in [6, 6.07) is 30.5. The van der Waals surface area contributed by atoms with E-state index in [-0.39, 0.29) is 11.9 Å². The standard InChI is InChI=1S/C28H23N3O2S/c1-19-9-5-7-13-23(19)30-28(33)29-21-15-16-26-24(17-21)31(18-20-10-3-2-4-11-20)27(32)22-12-6-8-14-25(22)34-26/h2-17H,18H2,1H3,(H2,29,30,33). The predicted molar refractivity (Wildman–Crippen MR) is 138 cm³/mol. The largest absolute Gasteiger partial charge is 0.323 e. The molecule has 6 heteroatoms. The van der Waals surface area contributed by atoms with Crippen LogP contribution in [0.5, 0.6) is 0 Å². The predicted octanol–water partition coefficient (Wildman–Crippen LogP) is 6.95. The summed E-state index contributed by atoms with van der Waals surface area (Å²) in [6.45, 7) is 2.38. The highest BCUT2D eigenvalue weighted by molar-refractivity contribution is 7.99. The first kappa shape index (κ1) is 21.8. The molecule has 0 fully saturated rings. The number of hydrogen-bond donors (Lipinski definition) is 2. The molecule has 1 aliphatic rings. The Balaban J connectivity index is 1.48. The lowest BCUT2D eigenvalue weighted by molar-refractivity contribution is 0.0982. The molecule has 5 nitrogen and oxygen atoms in total. The molecule has 0 aliphatic carbocycles. The van der Waals surface area contributed by atoms with Crippen molar-refractivity contribution in [1.82, 2.24) is 0 Å². The molecule has 0 radical (unpaired) electrons. The number of para-hydroxylation sites is 1. The van der Waals surface area contributed by atoms with E-state index in [0.29, 0.717) is 17.8 Å². The molecular weight excluding hydrogens is 442 g/mol. The molecule has 0 atom stereocenters. The number of nitrogens with one attached hydrogen (secondary N) is 2. The third-order valence-electron chi connectivity index (χ3n) is 5.67. The van der Waals surface area contributed by atoms with Crippen LogP contribution in [0.25, 0.3) is 0 Å². The fraction of sp³-hybridized carbons (Fsp3) is 0.0714. The molecule has 3 amide bonds. The SMILES string of the molecule is Cc1ccccc1NC(=O)Nc1ccc2c(c1)N(Cc1ccccc1)C(=O)c1ccccc1S2. The number of carbonyl (C=O) groups is 2. The first-order chi connectivity index (χ1) is 16.6. The van der Waals surface area contributed by atoms with Gasteiger partial charge in [0.05, 0.1) is 17.8 Å². The average molecular weight is 466 g/mol. The van der Waals surface area contributed by atoms with Gasteiger partial charge < -0.3 is 15.5 Å². The summed E-state index contributed by atoms with van der Waals surface area (Å²) in [4.78, 5) is 30.0. The molecule has 1 heterocycles. The van der Waals surface area contributed by atoms with E-state index in [1.165, 1.54) is 0 Å². The number of urea groups is 1. The Hall–Kier alpha value is -4.03. The molecule has 1 aliphatic heterocycles. The summed E-state index contributed by atoms with van der Waals surface area (Å²) in [5, 5.41) is 5.80. The molecular formula is C28H23N3O2S. The number of carbonyl (C=O) groups excluding carboxylic acids is 2. The van der Waals surface area contributed by atoms with Crippen LogP contribution in [-0.4, -0.2) is 11.9 Å². The van der Waals surface area contributed by atoms with Crippen LogP contribution >= 0.6 is 11.8 Å². The van der Waals surface area contributed by atoms with Gasteiger partial charge in [0.15, 0.2) is 0 Å². The van der Waals surface area contributed by atoms with E-state index in [2.05, 4.69) is 10.6 Å². The quantitative estimate of drug-likeness (QED) is 0.343. The van der Waals surface area contributed by atoms with E-state index < -0.39 is 0 Å². The molecule has 168 valence electrons. The van der Waals surface area contributed by atoms with Gasteiger partial charge in [0.1, 0.15) is 0 Å². The molecule has 0 unspecified atom stereocenters. The van der Waals surface area contributed by atoms with Crippen molar-refractivity contribution in [2.24, 2.45) is 0 Å². The zero-order valence-electron chi connectivity index (χ0n) is 18.6. The van der Waals surface area contributed by atoms with Crippen molar-refractivity contribution in [3.63, 3.8) is 0 Å². The van der Waals surface area contributed by atoms with Crippen LogP contribution in [0.2, 0.25) is 0 Å². The molecule has 0 spiro atoms. The lowest BCUT2D eigenvalue weighted by atomic mass is 10.1. The number of hydrogen-bond acceptors (Lipinski definition) is 3. The van der Waals surface area contributed by atoms with E-state index in [1.54, 1.807) is 16.7 Å². The Morgan fingerprint density at radius 1 is 0.824 bits per heavy atom. The highest BCUT2D eigenvalue weighted by Gasteiger charge is 2.27. The summed E-state index contributed by atoms with van der Waals surface area (Å²) in [7, 11) is 0. The Kier molecular flexibility index (Phi) is 6.06. The van der Waals surface area contributed by atoms with Crippen molar-refractivity contribution in [3.8, 4) is 0 Å². The molecule has 0 bridgehead atoms. The second kappa shape index (κ2) is 9.45. The number of anilines is 3. The summed E-state index contributed by atoms with van der Waals surface area (Å²) < 4.78 is 0. The molecule has 0 saturated heterocycles. The van der Waals surface area contributed by atoms with Crippen LogP contribution in [0.15, 0.2) is 107 Å². The molecule has 4 aromatic rings. The van der Waals surface area contributed by atoms with E-state index in [9.17, 15) is 9.59 Å². The smallest absolute Gasteiger partial charge is 0.308 e. The molecule has 0 aromatic heterocycles. The normalized spacial score (nSPS) is 12.4. The first-order valence-electron chi connectivity index (χ1n) is 11.0. The Morgan fingerprint density at radius 3 is 2.38 bits per heavy atom. The minimum absolute atomic E-state index is 0.0628. The Bertz CT molecular complexity index is 1370. The highest BCUT2D eigenvalue weighted by Crippen LogP contribution is 2.43. The van der Waals surface area contributed by atoms with Crippen molar-refractivity contribution in [2.45, 2.75) is 23.3 Å². The van der Waals surface area contributed by atoms with Crippen molar-refractivity contribution in [1.29, 1.82) is 0 Å². The number of nitrogens with zero attached hydrogens (tertiary/aromatic N) is 1. The van der Waals surface area contributed by atoms with Gasteiger partial charge in [0, 0.05) is 21.2 Å². The summed E-state index contributed by atoms with van der Waals surface area (Å²) in [5.41, 5.74) is 4.81. The van der Waals surface area contributed by atoms with E-state index in [0.717, 1.165) is 32.3 Å². The number of rotatable bonds is 4. The average Bonchev–Trinajstić information content (AvgIpc) is 2.96. The van der Waals surface area contributed by atoms with Crippen molar-refractivity contribution in [2.75, 3.05) is 15.5 Å². The maximum atomic E-state index is 13.6. The van der Waals surface area contributed by atoms with Gasteiger partial charge in [-0.05, 0) is 54.4 Å². The second-order valence-corrected chi connectivity index (χ2v) is 9.14. The maximum Gasteiger partial charge on any atom is 0.323 e. The highest BCUT2D eigenvalue weighted by atomic mass is 32.2. The third kappa shape index (κ3) is 4.54. The lowest BCUT2D eigenvalue weighted by Crippen LogP contribution is -2.30. The summed E-state index contributed by atoms with van der Waals surface area (Å²) >= 11 is 1.56. The van der Waals surface area contributed by atoms with Crippen LogP contribution in [0.4, 0.5) is 21.9 Å². The van der Waals surface area contributed by atoms with Crippen molar-refractivity contribution >= 4 is 40.8 Å². The van der Waals surface area contributed by atoms with Gasteiger partial charge in [-0.15, -0.1) is 0 Å². The topological polar surface area (TPSA) is 61.4 Å². The van der Waals surface area contributed by atoms with Crippen molar-refractivity contribution < 1.29 is 9.59 Å². The van der Waals surface area contributed by atoms with Gasteiger partial charge in [-0.3, -0.25) is 4.79 Å². The third-order valence-corrected chi connectivity index (χ3v) is 6.81. The zero-order chi connectivity index (χ0) is 23.5. The van der Waals surface area contributed by atoms with Gasteiger partial charge in [-0.1, -0.05) is 72.4 Å². The summed E-state index contributed by atoms with van der Waals surface area (Å²) in [5.74, 6) is -0.0628. The molecule has 4 aromatic carbocycles. The summed E-state index contributed by atoms with van der Waals surface area (Å²) in [6.07, 6.45) is 0. The lowest BCUT2D eigenvalue weighted by Gasteiger charge is -2.24. The Morgan fingerprint density at radius 2 is 1.56 bits per heavy atom. The maximum absolute atomic E-state index is 13.6.